The lowest BCUT2D eigenvalue weighted by molar-refractivity contribution is 0.355. The monoisotopic (exact) mass is 350 g/mol. The van der Waals surface area contributed by atoms with Crippen LogP contribution >= 0.6 is 0 Å². The van der Waals surface area contributed by atoms with Gasteiger partial charge in [0.15, 0.2) is 16.9 Å². The van der Waals surface area contributed by atoms with Crippen LogP contribution in [0.5, 0.6) is 17.2 Å². The van der Waals surface area contributed by atoms with Crippen molar-refractivity contribution >= 4 is 21.4 Å². The highest BCUT2D eigenvalue weighted by Crippen LogP contribution is 2.42. The van der Waals surface area contributed by atoms with Crippen LogP contribution in [0.4, 0.5) is 0 Å². The van der Waals surface area contributed by atoms with Crippen LogP contribution in [0, 0.1) is 0 Å². The fourth-order valence-electron chi connectivity index (χ4n) is 2.20. The zero-order valence-electron chi connectivity index (χ0n) is 11.8. The van der Waals surface area contributed by atoms with E-state index < -0.39 is 38.5 Å². The van der Waals surface area contributed by atoms with Gasteiger partial charge in [-0.25, -0.2) is 0 Å². The zero-order chi connectivity index (χ0) is 17.5. The van der Waals surface area contributed by atoms with Gasteiger partial charge < -0.3 is 18.8 Å². The molecule has 0 spiro atoms. The molecule has 1 aromatic heterocycles. The molecular weight excluding hydrogens is 340 g/mol. The summed E-state index contributed by atoms with van der Waals surface area (Å²) in [6.07, 6.45) is 0. The van der Waals surface area contributed by atoms with E-state index in [1.54, 1.807) is 30.3 Å². The third kappa shape index (κ3) is 2.90. The summed E-state index contributed by atoms with van der Waals surface area (Å²) < 4.78 is 39.8. The van der Waals surface area contributed by atoms with Crippen molar-refractivity contribution in [2.75, 3.05) is 0 Å². The Kier molecular flexibility index (Phi) is 3.66. The van der Waals surface area contributed by atoms with E-state index in [1.807, 2.05) is 0 Å². The Hall–Kier alpha value is -3.04. The number of phenolic OH excluding ortho intramolecular Hbond substituents is 2. The highest BCUT2D eigenvalue weighted by molar-refractivity contribution is 7.81. The van der Waals surface area contributed by atoms with Crippen LogP contribution in [0.15, 0.2) is 51.7 Å². The van der Waals surface area contributed by atoms with Gasteiger partial charge in [0.2, 0.25) is 5.75 Å². The molecule has 0 saturated carbocycles. The maximum atomic E-state index is 12.3. The normalized spacial score (nSPS) is 11.5. The van der Waals surface area contributed by atoms with Crippen molar-refractivity contribution in [3.8, 4) is 28.6 Å². The molecule has 0 saturated heterocycles. The lowest BCUT2D eigenvalue weighted by Gasteiger charge is -2.09. The first-order valence-corrected chi connectivity index (χ1v) is 7.88. The van der Waals surface area contributed by atoms with E-state index in [9.17, 15) is 23.4 Å². The van der Waals surface area contributed by atoms with Gasteiger partial charge >= 0.3 is 10.4 Å². The van der Waals surface area contributed by atoms with Crippen molar-refractivity contribution in [2.24, 2.45) is 0 Å². The maximum absolute atomic E-state index is 12.3. The Balaban J connectivity index is 2.28. The van der Waals surface area contributed by atoms with E-state index in [1.165, 1.54) is 0 Å². The number of hydrogen-bond donors (Lipinski definition) is 3. The van der Waals surface area contributed by atoms with Crippen molar-refractivity contribution < 1.29 is 31.8 Å². The molecule has 0 aliphatic carbocycles. The third-order valence-corrected chi connectivity index (χ3v) is 3.55. The summed E-state index contributed by atoms with van der Waals surface area (Å²) in [6.45, 7) is 0. The molecule has 24 heavy (non-hydrogen) atoms. The van der Waals surface area contributed by atoms with Gasteiger partial charge in [0, 0.05) is 17.7 Å². The molecule has 0 atom stereocenters. The molecule has 124 valence electrons. The molecular formula is C15H10O8S. The molecule has 9 heteroatoms. The van der Waals surface area contributed by atoms with Crippen LogP contribution in [0.3, 0.4) is 0 Å². The Labute approximate surface area is 135 Å². The highest BCUT2D eigenvalue weighted by Gasteiger charge is 2.22. The fraction of sp³-hybridized carbons (Fsp3) is 0. The van der Waals surface area contributed by atoms with Gasteiger partial charge in [0.1, 0.15) is 16.7 Å². The molecule has 0 bridgehead atoms. The predicted molar refractivity (Wildman–Crippen MR) is 83.4 cm³/mol. The average Bonchev–Trinajstić information content (AvgIpc) is 2.50. The standard InChI is InChI=1S/C15H10O8S/c16-9-6-11(8-4-2-1-3-5-8)22-12-7-10(17)15(14(18)13(9)12)23-24(19,20)21/h1-7,17-18H,(H,19,20,21). The minimum Gasteiger partial charge on any atom is -0.504 e. The molecule has 0 aliphatic heterocycles. The van der Waals surface area contributed by atoms with Gasteiger partial charge in [-0.2, -0.15) is 8.42 Å². The Morgan fingerprint density at radius 3 is 2.33 bits per heavy atom. The van der Waals surface area contributed by atoms with Crippen LogP contribution in [-0.4, -0.2) is 23.2 Å². The second-order valence-corrected chi connectivity index (χ2v) is 5.82. The Bertz CT molecular complexity index is 1080. The van der Waals surface area contributed by atoms with Gasteiger partial charge in [-0.3, -0.25) is 9.35 Å². The quantitative estimate of drug-likeness (QED) is 0.611. The van der Waals surface area contributed by atoms with Crippen LogP contribution in [0.1, 0.15) is 0 Å². The summed E-state index contributed by atoms with van der Waals surface area (Å²) in [7, 11) is -5.01. The molecule has 0 fully saturated rings. The second kappa shape index (κ2) is 5.55. The van der Waals surface area contributed by atoms with Gasteiger partial charge in [0.25, 0.3) is 0 Å². The minimum absolute atomic E-state index is 0.181. The molecule has 8 nitrogen and oxygen atoms in total. The SMILES string of the molecule is O=c1cc(-c2ccccc2)oc2cc(O)c(OS(=O)(=O)O)c(O)c12. The predicted octanol–water partition coefficient (Wildman–Crippen LogP) is 2.05. The van der Waals surface area contributed by atoms with Crippen LogP contribution in [-0.2, 0) is 10.4 Å². The van der Waals surface area contributed by atoms with E-state index in [0.29, 0.717) is 5.56 Å². The Morgan fingerprint density at radius 1 is 1.04 bits per heavy atom. The van der Waals surface area contributed by atoms with E-state index in [-0.39, 0.29) is 11.3 Å². The summed E-state index contributed by atoms with van der Waals surface area (Å²) in [5.41, 5.74) is -0.277. The smallest absolute Gasteiger partial charge is 0.446 e. The Morgan fingerprint density at radius 2 is 1.71 bits per heavy atom. The second-order valence-electron chi connectivity index (χ2n) is 4.80. The molecule has 0 radical (unpaired) electrons. The van der Waals surface area contributed by atoms with Gasteiger partial charge in [-0.1, -0.05) is 30.3 Å². The lowest BCUT2D eigenvalue weighted by Crippen LogP contribution is -2.08. The summed E-state index contributed by atoms with van der Waals surface area (Å²) in [5.74, 6) is -2.57. The van der Waals surface area contributed by atoms with Crippen LogP contribution in [0.2, 0.25) is 0 Å². The number of aromatic hydroxyl groups is 2. The van der Waals surface area contributed by atoms with E-state index >= 15 is 0 Å². The summed E-state index contributed by atoms with van der Waals surface area (Å²) in [4.78, 5) is 12.3. The molecule has 0 aliphatic rings. The number of rotatable bonds is 3. The molecule has 2 aromatic carbocycles. The van der Waals surface area contributed by atoms with Crippen molar-refractivity contribution in [1.82, 2.24) is 0 Å². The third-order valence-electron chi connectivity index (χ3n) is 3.17. The van der Waals surface area contributed by atoms with Crippen molar-refractivity contribution in [2.45, 2.75) is 0 Å². The molecule has 3 rings (SSSR count). The summed E-state index contributed by atoms with van der Waals surface area (Å²) in [5, 5.41) is 19.4. The van der Waals surface area contributed by atoms with Crippen molar-refractivity contribution in [1.29, 1.82) is 0 Å². The molecule has 0 unspecified atom stereocenters. The first kappa shape index (κ1) is 15.8. The molecule has 1 heterocycles. The van der Waals surface area contributed by atoms with E-state index in [2.05, 4.69) is 4.18 Å². The minimum atomic E-state index is -5.01. The molecule has 3 N–H and O–H groups in total. The van der Waals surface area contributed by atoms with Gasteiger partial charge in [0.05, 0.1) is 0 Å². The van der Waals surface area contributed by atoms with Crippen LogP contribution < -0.4 is 9.61 Å². The first-order chi connectivity index (χ1) is 11.3. The fourth-order valence-corrected chi connectivity index (χ4v) is 2.58. The topological polar surface area (TPSA) is 134 Å². The van der Waals surface area contributed by atoms with Gasteiger partial charge in [-0.05, 0) is 0 Å². The summed E-state index contributed by atoms with van der Waals surface area (Å²) in [6, 6.07) is 10.6. The molecule has 3 aromatic rings. The number of benzene rings is 2. The van der Waals surface area contributed by atoms with Crippen molar-refractivity contribution in [3.05, 3.63) is 52.7 Å². The maximum Gasteiger partial charge on any atom is 0.446 e. The van der Waals surface area contributed by atoms with Gasteiger partial charge in [-0.15, -0.1) is 0 Å². The zero-order valence-corrected chi connectivity index (χ0v) is 12.6. The summed E-state index contributed by atoms with van der Waals surface area (Å²) >= 11 is 0. The average molecular weight is 350 g/mol. The lowest BCUT2D eigenvalue weighted by atomic mass is 10.1. The largest absolute Gasteiger partial charge is 0.504 e. The van der Waals surface area contributed by atoms with Crippen molar-refractivity contribution in [3.63, 3.8) is 0 Å². The molecule has 0 amide bonds. The first-order valence-electron chi connectivity index (χ1n) is 6.51. The van der Waals surface area contributed by atoms with Crippen LogP contribution in [0.25, 0.3) is 22.3 Å². The van der Waals surface area contributed by atoms with E-state index in [0.717, 1.165) is 12.1 Å². The highest BCUT2D eigenvalue weighted by atomic mass is 32.3. The number of phenols is 2. The number of fused-ring (bicyclic) bond motifs is 1. The number of hydrogen-bond acceptors (Lipinski definition) is 7. The van der Waals surface area contributed by atoms with E-state index in [4.69, 9.17) is 8.97 Å².